The number of aryl methyl sites for hydroxylation is 1. The number of halogens is 1. The Hall–Kier alpha value is -3.01. The lowest BCUT2D eigenvalue weighted by Crippen LogP contribution is -2.54. The van der Waals surface area contributed by atoms with Gasteiger partial charge >= 0.3 is 0 Å². The van der Waals surface area contributed by atoms with Gasteiger partial charge in [0.2, 0.25) is 11.8 Å². The molecule has 0 radical (unpaired) electrons. The molecule has 0 heterocycles. The van der Waals surface area contributed by atoms with E-state index in [2.05, 4.69) is 5.32 Å². The predicted molar refractivity (Wildman–Crippen MR) is 163 cm³/mol. The van der Waals surface area contributed by atoms with E-state index in [1.807, 2.05) is 34.0 Å². The molecule has 0 saturated carbocycles. The third-order valence-corrected chi connectivity index (χ3v) is 9.11. The third-order valence-electron chi connectivity index (χ3n) is 6.21. The average Bonchev–Trinajstić information content (AvgIpc) is 2.90. The number of nitrogens with zero attached hydrogens (tertiary/aromatic N) is 2. The van der Waals surface area contributed by atoms with Gasteiger partial charge in [0.1, 0.15) is 12.6 Å². The maximum atomic E-state index is 14.0. The van der Waals surface area contributed by atoms with Crippen LogP contribution in [0.2, 0.25) is 5.02 Å². The fourth-order valence-corrected chi connectivity index (χ4v) is 6.00. The van der Waals surface area contributed by atoms with E-state index in [4.69, 9.17) is 11.6 Å². The van der Waals surface area contributed by atoms with Gasteiger partial charge in [-0.1, -0.05) is 47.5 Å². The van der Waals surface area contributed by atoms with Gasteiger partial charge in [-0.2, -0.15) is 0 Å². The number of anilines is 1. The number of amides is 2. The molecule has 0 aromatic heterocycles. The summed E-state index contributed by atoms with van der Waals surface area (Å²) in [7, 11) is -4.13. The molecule has 40 heavy (non-hydrogen) atoms. The van der Waals surface area contributed by atoms with Crippen molar-refractivity contribution in [3.05, 3.63) is 88.9 Å². The van der Waals surface area contributed by atoms with Crippen LogP contribution in [-0.2, 0) is 26.2 Å². The molecular formula is C30H36ClN3O4S2. The first-order valence-electron chi connectivity index (χ1n) is 12.8. The van der Waals surface area contributed by atoms with Crippen molar-refractivity contribution in [1.82, 2.24) is 10.2 Å². The molecule has 1 N–H and O–H groups in total. The fourth-order valence-electron chi connectivity index (χ4n) is 3.98. The van der Waals surface area contributed by atoms with Gasteiger partial charge in [-0.05, 0) is 88.9 Å². The van der Waals surface area contributed by atoms with Crippen LogP contribution in [0.25, 0.3) is 0 Å². The predicted octanol–water partition coefficient (Wildman–Crippen LogP) is 5.90. The van der Waals surface area contributed by atoms with E-state index in [0.29, 0.717) is 16.3 Å². The van der Waals surface area contributed by atoms with Gasteiger partial charge in [0.15, 0.2) is 0 Å². The molecule has 3 aromatic rings. The highest BCUT2D eigenvalue weighted by Crippen LogP contribution is 2.27. The van der Waals surface area contributed by atoms with Gasteiger partial charge in [0.05, 0.1) is 10.6 Å². The molecule has 0 spiro atoms. The number of carbonyl (C=O) groups is 2. The number of sulfonamides is 1. The second-order valence-electron chi connectivity index (χ2n) is 10.6. The molecule has 1 unspecified atom stereocenters. The van der Waals surface area contributed by atoms with E-state index in [9.17, 15) is 18.0 Å². The first-order chi connectivity index (χ1) is 18.7. The van der Waals surface area contributed by atoms with E-state index in [-0.39, 0.29) is 17.3 Å². The van der Waals surface area contributed by atoms with Gasteiger partial charge in [-0.25, -0.2) is 8.42 Å². The monoisotopic (exact) mass is 601 g/mol. The smallest absolute Gasteiger partial charge is 0.264 e. The molecule has 214 valence electrons. The highest BCUT2D eigenvalue weighted by Gasteiger charge is 2.33. The van der Waals surface area contributed by atoms with Gasteiger partial charge < -0.3 is 10.2 Å². The van der Waals surface area contributed by atoms with Crippen molar-refractivity contribution in [2.24, 2.45) is 0 Å². The molecular weight excluding hydrogens is 566 g/mol. The Labute approximate surface area is 247 Å². The molecule has 3 rings (SSSR count). The Bertz CT molecular complexity index is 1440. The van der Waals surface area contributed by atoms with Crippen LogP contribution in [0.4, 0.5) is 5.69 Å². The van der Waals surface area contributed by atoms with Gasteiger partial charge in [-0.3, -0.25) is 13.9 Å². The zero-order valence-electron chi connectivity index (χ0n) is 23.6. The Kier molecular flexibility index (Phi) is 10.3. The number of hydrogen-bond acceptors (Lipinski definition) is 5. The summed E-state index contributed by atoms with van der Waals surface area (Å²) in [5.41, 5.74) is 1.41. The maximum Gasteiger partial charge on any atom is 0.264 e. The second kappa shape index (κ2) is 13.1. The summed E-state index contributed by atoms with van der Waals surface area (Å²) < 4.78 is 28.9. The van der Waals surface area contributed by atoms with Crippen molar-refractivity contribution in [2.45, 2.75) is 62.5 Å². The van der Waals surface area contributed by atoms with Crippen LogP contribution in [0.5, 0.6) is 0 Å². The summed E-state index contributed by atoms with van der Waals surface area (Å²) in [6.07, 6.45) is 1.91. The molecule has 7 nitrogen and oxygen atoms in total. The summed E-state index contributed by atoms with van der Waals surface area (Å²) in [6.45, 7) is 8.61. The van der Waals surface area contributed by atoms with Crippen LogP contribution in [0.3, 0.4) is 0 Å². The summed E-state index contributed by atoms with van der Waals surface area (Å²) >= 11 is 7.91. The van der Waals surface area contributed by atoms with Crippen molar-refractivity contribution in [3.8, 4) is 0 Å². The third kappa shape index (κ3) is 8.02. The Morgan fingerprint density at radius 2 is 1.57 bits per heavy atom. The minimum atomic E-state index is -4.13. The molecule has 0 bridgehead atoms. The van der Waals surface area contributed by atoms with Crippen LogP contribution in [0.1, 0.15) is 38.8 Å². The lowest BCUT2D eigenvalue weighted by molar-refractivity contribution is -0.140. The first kappa shape index (κ1) is 31.5. The molecule has 0 saturated heterocycles. The van der Waals surface area contributed by atoms with Gasteiger partial charge in [-0.15, -0.1) is 11.8 Å². The van der Waals surface area contributed by atoms with Gasteiger partial charge in [0.25, 0.3) is 10.0 Å². The van der Waals surface area contributed by atoms with Crippen molar-refractivity contribution in [2.75, 3.05) is 17.1 Å². The molecule has 2 amide bonds. The Morgan fingerprint density at radius 3 is 2.12 bits per heavy atom. The molecule has 10 heteroatoms. The number of benzene rings is 3. The van der Waals surface area contributed by atoms with E-state index < -0.39 is 34.1 Å². The summed E-state index contributed by atoms with van der Waals surface area (Å²) in [5.74, 6) is -0.897. The SMILES string of the molecule is CSc1ccc(S(=O)(=O)N(CC(=O)N(Cc2ccccc2Cl)C(C)C(=O)NC(C)(C)C)c2ccc(C)cc2)cc1. The Morgan fingerprint density at radius 1 is 0.975 bits per heavy atom. The van der Waals surface area contributed by atoms with Crippen LogP contribution < -0.4 is 9.62 Å². The van der Waals surface area contributed by atoms with E-state index in [0.717, 1.165) is 14.8 Å². The number of rotatable bonds is 10. The van der Waals surface area contributed by atoms with E-state index in [1.54, 1.807) is 67.6 Å². The van der Waals surface area contributed by atoms with Crippen molar-refractivity contribution >= 4 is 50.9 Å². The van der Waals surface area contributed by atoms with Crippen molar-refractivity contribution in [1.29, 1.82) is 0 Å². The minimum Gasteiger partial charge on any atom is -0.350 e. The van der Waals surface area contributed by atoms with Crippen LogP contribution in [0, 0.1) is 6.92 Å². The molecule has 0 aliphatic heterocycles. The second-order valence-corrected chi connectivity index (χ2v) is 13.7. The summed E-state index contributed by atoms with van der Waals surface area (Å²) in [4.78, 5) is 29.5. The molecule has 0 aliphatic rings. The number of hydrogen-bond donors (Lipinski definition) is 1. The highest BCUT2D eigenvalue weighted by molar-refractivity contribution is 7.98. The van der Waals surface area contributed by atoms with E-state index in [1.165, 1.54) is 28.8 Å². The molecule has 0 fully saturated rings. The maximum absolute atomic E-state index is 14.0. The van der Waals surface area contributed by atoms with Gasteiger partial charge in [0, 0.05) is 22.0 Å². The lowest BCUT2D eigenvalue weighted by atomic mass is 10.1. The molecule has 1 atom stereocenters. The van der Waals surface area contributed by atoms with Crippen molar-refractivity contribution in [3.63, 3.8) is 0 Å². The molecule has 3 aromatic carbocycles. The van der Waals surface area contributed by atoms with Crippen LogP contribution in [-0.4, -0.2) is 49.5 Å². The molecule has 0 aliphatic carbocycles. The zero-order chi connectivity index (χ0) is 29.7. The Balaban J connectivity index is 2.04. The first-order valence-corrected chi connectivity index (χ1v) is 15.9. The standard InChI is InChI=1S/C30H36ClN3O4S2/c1-21-11-13-24(14-12-21)34(40(37,38)26-17-15-25(39-6)16-18-26)20-28(35)33(19-23-9-7-8-10-27(23)31)22(2)29(36)32-30(3,4)5/h7-18,22H,19-20H2,1-6H3,(H,32,36). The largest absolute Gasteiger partial charge is 0.350 e. The normalized spacial score (nSPS) is 12.5. The fraction of sp³-hybridized carbons (Fsp3) is 0.333. The lowest BCUT2D eigenvalue weighted by Gasteiger charge is -2.33. The number of nitrogens with one attached hydrogen (secondary N) is 1. The summed E-state index contributed by atoms with van der Waals surface area (Å²) in [6, 6.07) is 19.6. The van der Waals surface area contributed by atoms with Crippen LogP contribution in [0.15, 0.2) is 82.6 Å². The highest BCUT2D eigenvalue weighted by atomic mass is 35.5. The number of carbonyl (C=O) groups excluding carboxylic acids is 2. The topological polar surface area (TPSA) is 86.8 Å². The quantitative estimate of drug-likeness (QED) is 0.293. The van der Waals surface area contributed by atoms with Crippen LogP contribution >= 0.6 is 23.4 Å². The average molecular weight is 602 g/mol. The zero-order valence-corrected chi connectivity index (χ0v) is 26.0. The summed E-state index contributed by atoms with van der Waals surface area (Å²) in [5, 5.41) is 3.36. The number of thioether (sulfide) groups is 1. The minimum absolute atomic E-state index is 0.0292. The van der Waals surface area contributed by atoms with Crippen molar-refractivity contribution < 1.29 is 18.0 Å². The van der Waals surface area contributed by atoms with E-state index >= 15 is 0 Å².